The van der Waals surface area contributed by atoms with E-state index < -0.39 is 0 Å². The van der Waals surface area contributed by atoms with Gasteiger partial charge in [0.05, 0.1) is 6.10 Å². The van der Waals surface area contributed by atoms with Gasteiger partial charge in [-0.3, -0.25) is 5.73 Å². The number of aliphatic hydroxyl groups excluding tert-OH is 1. The van der Waals surface area contributed by atoms with E-state index in [0.717, 1.165) is 25.7 Å². The summed E-state index contributed by atoms with van der Waals surface area (Å²) in [6.07, 6.45) is 5.21. The first-order valence-corrected chi connectivity index (χ1v) is 4.10. The van der Waals surface area contributed by atoms with Gasteiger partial charge in [-0.15, -0.1) is 0 Å². The lowest BCUT2D eigenvalue weighted by Gasteiger charge is -2.02. The highest BCUT2D eigenvalue weighted by atomic mass is 16.3. The molecule has 2 heteroatoms. The fourth-order valence-corrected chi connectivity index (χ4v) is 0.918. The van der Waals surface area contributed by atoms with E-state index in [1.165, 1.54) is 6.42 Å². The van der Waals surface area contributed by atoms with Gasteiger partial charge < -0.3 is 5.11 Å². The van der Waals surface area contributed by atoms with Gasteiger partial charge in [0.1, 0.15) is 0 Å². The third-order valence-electron chi connectivity index (χ3n) is 1.55. The molecule has 0 spiro atoms. The minimum absolute atomic E-state index is 0.143. The van der Waals surface area contributed by atoms with E-state index in [1.807, 2.05) is 6.92 Å². The number of hydrogen-bond acceptors (Lipinski definition) is 1. The molecule has 1 unspecified atom stereocenters. The third kappa shape index (κ3) is 7.92. The first kappa shape index (κ1) is 9.92. The smallest absolute Gasteiger partial charge is 0.0512 e. The van der Waals surface area contributed by atoms with Crippen LogP contribution in [0.2, 0.25) is 0 Å². The van der Waals surface area contributed by atoms with Crippen molar-refractivity contribution in [1.82, 2.24) is 5.73 Å². The molecular formula is C8H18NO. The predicted octanol–water partition coefficient (Wildman–Crippen LogP) is 1.60. The Morgan fingerprint density at radius 2 is 1.80 bits per heavy atom. The zero-order valence-electron chi connectivity index (χ0n) is 6.77. The van der Waals surface area contributed by atoms with Crippen LogP contribution in [0.4, 0.5) is 0 Å². The Balaban J connectivity index is 2.77. The van der Waals surface area contributed by atoms with Crippen LogP contribution >= 0.6 is 0 Å². The molecule has 0 aromatic rings. The monoisotopic (exact) mass is 144 g/mol. The molecule has 0 aliphatic heterocycles. The quantitative estimate of drug-likeness (QED) is 0.565. The second kappa shape index (κ2) is 7.03. The van der Waals surface area contributed by atoms with Gasteiger partial charge in [0.2, 0.25) is 0 Å². The maximum Gasteiger partial charge on any atom is 0.0512 e. The minimum atomic E-state index is -0.143. The number of rotatable bonds is 6. The molecule has 0 saturated carbocycles. The number of hydrogen-bond donors (Lipinski definition) is 1. The van der Waals surface area contributed by atoms with Crippen LogP contribution in [0.15, 0.2) is 0 Å². The summed E-state index contributed by atoms with van der Waals surface area (Å²) >= 11 is 0. The Bertz CT molecular complexity index is 64.3. The summed E-state index contributed by atoms with van der Waals surface area (Å²) in [5, 5.41) is 8.87. The van der Waals surface area contributed by atoms with E-state index in [2.05, 4.69) is 0 Å². The van der Waals surface area contributed by atoms with Crippen LogP contribution in [0.5, 0.6) is 0 Å². The molecule has 0 bridgehead atoms. The second-order valence-corrected chi connectivity index (χ2v) is 2.80. The van der Waals surface area contributed by atoms with Gasteiger partial charge in [0.15, 0.2) is 0 Å². The van der Waals surface area contributed by atoms with Crippen LogP contribution in [-0.4, -0.2) is 17.8 Å². The molecule has 0 rings (SSSR count). The van der Waals surface area contributed by atoms with Crippen LogP contribution in [0.1, 0.15) is 39.0 Å². The van der Waals surface area contributed by atoms with Crippen molar-refractivity contribution in [2.75, 3.05) is 6.54 Å². The van der Waals surface area contributed by atoms with Crippen molar-refractivity contribution >= 4 is 0 Å². The van der Waals surface area contributed by atoms with E-state index >= 15 is 0 Å². The fraction of sp³-hybridized carbons (Fsp3) is 1.00. The molecule has 0 amide bonds. The van der Waals surface area contributed by atoms with Gasteiger partial charge in [-0.2, -0.15) is 0 Å². The first-order valence-electron chi connectivity index (χ1n) is 4.10. The average Bonchev–Trinajstić information content (AvgIpc) is 1.87. The lowest BCUT2D eigenvalue weighted by Crippen LogP contribution is -1.98. The Hall–Kier alpha value is -0.0800. The molecule has 2 nitrogen and oxygen atoms in total. The zero-order chi connectivity index (χ0) is 7.82. The van der Waals surface area contributed by atoms with Crippen molar-refractivity contribution in [2.45, 2.75) is 45.1 Å². The fourth-order valence-electron chi connectivity index (χ4n) is 0.918. The lowest BCUT2D eigenvalue weighted by molar-refractivity contribution is 0.180. The summed E-state index contributed by atoms with van der Waals surface area (Å²) in [5.41, 5.74) is 6.87. The van der Waals surface area contributed by atoms with Crippen molar-refractivity contribution in [3.05, 3.63) is 0 Å². The largest absolute Gasteiger partial charge is 0.393 e. The Morgan fingerprint density at radius 3 is 2.30 bits per heavy atom. The molecular weight excluding hydrogens is 126 g/mol. The van der Waals surface area contributed by atoms with Crippen LogP contribution in [0.3, 0.4) is 0 Å². The molecule has 0 aromatic carbocycles. The maximum atomic E-state index is 8.87. The predicted molar refractivity (Wildman–Crippen MR) is 42.7 cm³/mol. The Morgan fingerprint density at radius 1 is 1.20 bits per heavy atom. The first-order chi connectivity index (χ1) is 4.77. The molecule has 0 aromatic heterocycles. The van der Waals surface area contributed by atoms with E-state index in [0.29, 0.717) is 6.54 Å². The van der Waals surface area contributed by atoms with Crippen LogP contribution in [0.25, 0.3) is 0 Å². The lowest BCUT2D eigenvalue weighted by atomic mass is 10.1. The highest BCUT2D eigenvalue weighted by Crippen LogP contribution is 2.04. The van der Waals surface area contributed by atoms with Crippen molar-refractivity contribution in [3.63, 3.8) is 0 Å². The minimum Gasteiger partial charge on any atom is -0.393 e. The van der Waals surface area contributed by atoms with Gasteiger partial charge in [0.25, 0.3) is 0 Å². The summed E-state index contributed by atoms with van der Waals surface area (Å²) < 4.78 is 0. The molecule has 1 radical (unpaired) electrons. The van der Waals surface area contributed by atoms with Gasteiger partial charge in [-0.05, 0) is 19.8 Å². The van der Waals surface area contributed by atoms with Crippen molar-refractivity contribution < 1.29 is 5.11 Å². The average molecular weight is 144 g/mol. The van der Waals surface area contributed by atoms with Crippen LogP contribution in [-0.2, 0) is 0 Å². The molecule has 1 atom stereocenters. The van der Waals surface area contributed by atoms with Gasteiger partial charge in [0, 0.05) is 6.54 Å². The molecule has 0 aliphatic carbocycles. The van der Waals surface area contributed by atoms with E-state index in [9.17, 15) is 0 Å². The topological polar surface area (TPSA) is 44.0 Å². The van der Waals surface area contributed by atoms with E-state index in [-0.39, 0.29) is 6.10 Å². The molecule has 2 N–H and O–H groups in total. The SMILES string of the molecule is CC(O)CCCCCC[NH]. The summed E-state index contributed by atoms with van der Waals surface area (Å²) in [5.74, 6) is 0. The molecule has 10 heavy (non-hydrogen) atoms. The summed E-state index contributed by atoms with van der Waals surface area (Å²) in [4.78, 5) is 0. The Kier molecular flexibility index (Phi) is 6.98. The Labute approximate surface area is 63.4 Å². The standard InChI is InChI=1S/C8H18NO/c1-8(10)6-4-2-3-5-7-9/h8-10H,2-7H2,1H3. The third-order valence-corrected chi connectivity index (χ3v) is 1.55. The highest BCUT2D eigenvalue weighted by molar-refractivity contribution is 4.48. The highest BCUT2D eigenvalue weighted by Gasteiger charge is 1.94. The van der Waals surface area contributed by atoms with Crippen molar-refractivity contribution in [2.24, 2.45) is 0 Å². The molecule has 0 aliphatic rings. The second-order valence-electron chi connectivity index (χ2n) is 2.80. The summed E-state index contributed by atoms with van der Waals surface area (Å²) in [6, 6.07) is 0. The van der Waals surface area contributed by atoms with Gasteiger partial charge in [-0.25, -0.2) is 0 Å². The molecule has 0 heterocycles. The van der Waals surface area contributed by atoms with Crippen LogP contribution in [0, 0.1) is 0 Å². The summed E-state index contributed by atoms with van der Waals surface area (Å²) in [6.45, 7) is 2.37. The molecule has 0 saturated heterocycles. The van der Waals surface area contributed by atoms with Gasteiger partial charge >= 0.3 is 0 Å². The number of aliphatic hydroxyl groups is 1. The number of unbranched alkanes of at least 4 members (excludes halogenated alkanes) is 3. The van der Waals surface area contributed by atoms with Crippen LogP contribution < -0.4 is 5.73 Å². The van der Waals surface area contributed by atoms with E-state index in [4.69, 9.17) is 10.8 Å². The maximum absolute atomic E-state index is 8.87. The van der Waals surface area contributed by atoms with Crippen molar-refractivity contribution in [1.29, 1.82) is 0 Å². The molecule has 61 valence electrons. The van der Waals surface area contributed by atoms with E-state index in [1.54, 1.807) is 0 Å². The van der Waals surface area contributed by atoms with Crippen molar-refractivity contribution in [3.8, 4) is 0 Å². The normalized spacial score (nSPS) is 13.5. The zero-order valence-corrected chi connectivity index (χ0v) is 6.77. The number of nitrogens with one attached hydrogen (secondary N) is 1. The van der Waals surface area contributed by atoms with Gasteiger partial charge in [-0.1, -0.05) is 19.3 Å². The summed E-state index contributed by atoms with van der Waals surface area (Å²) in [7, 11) is 0. The molecule has 0 fully saturated rings.